The summed E-state index contributed by atoms with van der Waals surface area (Å²) in [6, 6.07) is 23.5. The average Bonchev–Trinajstić information content (AvgIpc) is 3.44. The van der Waals surface area contributed by atoms with E-state index in [0.717, 1.165) is 22.3 Å². The minimum Gasteiger partial charge on any atom is -0.487 e. The molecule has 214 valence electrons. The number of amides is 3. The number of hydrogen-bond acceptors (Lipinski definition) is 4. The van der Waals surface area contributed by atoms with Crippen LogP contribution in [-0.2, 0) is 13.2 Å². The topological polar surface area (TPSA) is 88.5 Å². The Morgan fingerprint density at radius 3 is 2.60 bits per heavy atom. The van der Waals surface area contributed by atoms with Crippen molar-refractivity contribution in [1.29, 1.82) is 0 Å². The van der Waals surface area contributed by atoms with Gasteiger partial charge in [0, 0.05) is 58.9 Å². The summed E-state index contributed by atoms with van der Waals surface area (Å²) in [5.41, 5.74) is 4.79. The fraction of sp³-hybridized carbons (Fsp3) is 0.156. The highest BCUT2D eigenvalue weighted by Crippen LogP contribution is 2.33. The van der Waals surface area contributed by atoms with E-state index in [4.69, 9.17) is 27.9 Å². The fourth-order valence-corrected chi connectivity index (χ4v) is 5.09. The molecule has 10 heteroatoms. The number of hydrogen-bond donors (Lipinski definition) is 2. The second-order valence-electron chi connectivity index (χ2n) is 9.89. The zero-order valence-corrected chi connectivity index (χ0v) is 24.8. The largest absolute Gasteiger partial charge is 0.487 e. The maximum Gasteiger partial charge on any atom is 0.319 e. The summed E-state index contributed by atoms with van der Waals surface area (Å²) in [5.74, 6) is 0.493. The molecule has 0 aliphatic heterocycles. The molecular weight excluding hydrogens is 573 g/mol. The van der Waals surface area contributed by atoms with Gasteiger partial charge in [-0.05, 0) is 61.5 Å². The molecule has 42 heavy (non-hydrogen) atoms. The number of halogens is 2. The summed E-state index contributed by atoms with van der Waals surface area (Å²) >= 11 is 13.4. The number of nitrogens with zero attached hydrogens (tertiary/aromatic N) is 3. The van der Waals surface area contributed by atoms with Crippen molar-refractivity contribution in [2.24, 2.45) is 0 Å². The molecule has 0 unspecified atom stereocenters. The number of fused-ring (bicyclic) bond motifs is 1. The highest BCUT2D eigenvalue weighted by atomic mass is 35.5. The Morgan fingerprint density at radius 1 is 0.976 bits per heavy atom. The Hall–Kier alpha value is -4.53. The van der Waals surface area contributed by atoms with E-state index in [0.29, 0.717) is 38.3 Å². The highest BCUT2D eigenvalue weighted by molar-refractivity contribution is 6.37. The molecule has 2 N–H and O–H groups in total. The van der Waals surface area contributed by atoms with E-state index in [1.807, 2.05) is 66.2 Å². The Bertz CT molecular complexity index is 1780. The lowest BCUT2D eigenvalue weighted by Crippen LogP contribution is -2.29. The SMILES string of the molecule is Cc1ccc2cccc(OCc3c(Cl)ccc(-n4cccc4CNC(=O)Nc4cccc(C(=O)N(C)C)c4)c3Cl)c2n1. The van der Waals surface area contributed by atoms with E-state index in [-0.39, 0.29) is 19.1 Å². The van der Waals surface area contributed by atoms with Crippen molar-refractivity contribution in [2.75, 3.05) is 19.4 Å². The van der Waals surface area contributed by atoms with Gasteiger partial charge in [0.25, 0.3) is 5.91 Å². The zero-order valence-electron chi connectivity index (χ0n) is 23.3. The standard InChI is InChI=1S/C32H29Cl2N5O3/c1-20-12-13-21-7-5-11-28(30(21)36-20)42-19-25-26(33)14-15-27(29(25)34)39-16-6-10-24(39)18-35-32(41)37-23-9-4-8-22(17-23)31(40)38(2)3/h4-17H,18-19H2,1-3H3,(H2,35,37,41). The molecule has 2 aromatic heterocycles. The number of anilines is 1. The summed E-state index contributed by atoms with van der Waals surface area (Å²) in [6.07, 6.45) is 1.86. The van der Waals surface area contributed by atoms with Crippen molar-refractivity contribution in [3.63, 3.8) is 0 Å². The molecule has 0 fully saturated rings. The number of pyridine rings is 1. The van der Waals surface area contributed by atoms with Crippen LogP contribution in [0.3, 0.4) is 0 Å². The summed E-state index contributed by atoms with van der Waals surface area (Å²) in [7, 11) is 3.35. The van der Waals surface area contributed by atoms with E-state index in [1.54, 1.807) is 44.4 Å². The van der Waals surface area contributed by atoms with Crippen molar-refractivity contribution in [1.82, 2.24) is 19.8 Å². The third-order valence-corrected chi connectivity index (χ3v) is 7.43. The van der Waals surface area contributed by atoms with Gasteiger partial charge in [0.15, 0.2) is 0 Å². The number of aromatic nitrogens is 2. The number of benzene rings is 3. The van der Waals surface area contributed by atoms with Gasteiger partial charge in [-0.25, -0.2) is 9.78 Å². The van der Waals surface area contributed by atoms with E-state index in [9.17, 15) is 9.59 Å². The van der Waals surface area contributed by atoms with E-state index < -0.39 is 6.03 Å². The molecule has 3 amide bonds. The quantitative estimate of drug-likeness (QED) is 0.196. The van der Waals surface area contributed by atoms with Crippen LogP contribution in [0.2, 0.25) is 10.0 Å². The molecule has 0 radical (unpaired) electrons. The van der Waals surface area contributed by atoms with E-state index in [1.165, 1.54) is 4.90 Å². The van der Waals surface area contributed by atoms with Crippen molar-refractivity contribution in [2.45, 2.75) is 20.1 Å². The maximum atomic E-state index is 12.7. The lowest BCUT2D eigenvalue weighted by atomic mass is 10.1. The van der Waals surface area contributed by atoms with Gasteiger partial charge in [0.2, 0.25) is 0 Å². The van der Waals surface area contributed by atoms with Gasteiger partial charge in [-0.1, -0.05) is 47.5 Å². The fourth-order valence-electron chi connectivity index (χ4n) is 4.52. The molecule has 0 saturated carbocycles. The van der Waals surface area contributed by atoms with E-state index >= 15 is 0 Å². The van der Waals surface area contributed by atoms with Crippen LogP contribution in [0.25, 0.3) is 16.6 Å². The van der Waals surface area contributed by atoms with Crippen molar-refractivity contribution < 1.29 is 14.3 Å². The highest BCUT2D eigenvalue weighted by Gasteiger charge is 2.16. The van der Waals surface area contributed by atoms with Crippen LogP contribution in [0.15, 0.2) is 85.1 Å². The van der Waals surface area contributed by atoms with Gasteiger partial charge >= 0.3 is 6.03 Å². The van der Waals surface area contributed by atoms with Crippen LogP contribution in [0.5, 0.6) is 5.75 Å². The van der Waals surface area contributed by atoms with Crippen LogP contribution in [0.4, 0.5) is 10.5 Å². The Balaban J connectivity index is 1.30. The van der Waals surface area contributed by atoms with Crippen LogP contribution >= 0.6 is 23.2 Å². The second kappa shape index (κ2) is 12.5. The summed E-state index contributed by atoms with van der Waals surface area (Å²) in [5, 5.41) is 7.54. The number of nitrogens with one attached hydrogen (secondary N) is 2. The van der Waals surface area contributed by atoms with Gasteiger partial charge < -0.3 is 24.8 Å². The van der Waals surface area contributed by atoms with E-state index in [2.05, 4.69) is 15.6 Å². The van der Waals surface area contributed by atoms with Crippen molar-refractivity contribution >= 4 is 51.7 Å². The molecule has 0 bridgehead atoms. The molecule has 5 aromatic rings. The molecule has 0 spiro atoms. The molecule has 3 aromatic carbocycles. The third kappa shape index (κ3) is 6.35. The summed E-state index contributed by atoms with van der Waals surface area (Å²) in [4.78, 5) is 31.0. The number of rotatable bonds is 8. The second-order valence-corrected chi connectivity index (χ2v) is 10.7. The Morgan fingerprint density at radius 2 is 1.79 bits per heavy atom. The zero-order chi connectivity index (χ0) is 29.8. The first kappa shape index (κ1) is 29.0. The number of carbonyl (C=O) groups is 2. The lowest BCUT2D eigenvalue weighted by Gasteiger charge is -2.17. The van der Waals surface area contributed by atoms with Crippen molar-refractivity contribution in [3.8, 4) is 11.4 Å². The Labute approximate surface area is 253 Å². The maximum absolute atomic E-state index is 12.7. The average molecular weight is 603 g/mol. The van der Waals surface area contributed by atoms with Crippen LogP contribution in [0.1, 0.15) is 27.3 Å². The first-order valence-electron chi connectivity index (χ1n) is 13.2. The smallest absolute Gasteiger partial charge is 0.319 e. The molecule has 0 aliphatic rings. The molecule has 0 aliphatic carbocycles. The number of carbonyl (C=O) groups excluding carboxylic acids is 2. The summed E-state index contributed by atoms with van der Waals surface area (Å²) in [6.45, 7) is 2.31. The first-order chi connectivity index (χ1) is 20.2. The van der Waals surface area contributed by atoms with Gasteiger partial charge in [-0.15, -0.1) is 0 Å². The number of aryl methyl sites for hydroxylation is 1. The molecule has 2 heterocycles. The molecule has 0 saturated heterocycles. The van der Waals surface area contributed by atoms with Gasteiger partial charge in [-0.2, -0.15) is 0 Å². The third-order valence-electron chi connectivity index (χ3n) is 6.66. The number of para-hydroxylation sites is 1. The minimum absolute atomic E-state index is 0.146. The predicted molar refractivity (Wildman–Crippen MR) is 167 cm³/mol. The van der Waals surface area contributed by atoms with Gasteiger partial charge in [-0.3, -0.25) is 4.79 Å². The molecule has 0 atom stereocenters. The van der Waals surface area contributed by atoms with Gasteiger partial charge in [0.1, 0.15) is 17.9 Å². The molecule has 8 nitrogen and oxygen atoms in total. The normalized spacial score (nSPS) is 10.9. The van der Waals surface area contributed by atoms with Gasteiger partial charge in [0.05, 0.1) is 17.3 Å². The minimum atomic E-state index is -0.410. The summed E-state index contributed by atoms with van der Waals surface area (Å²) < 4.78 is 8.06. The lowest BCUT2D eigenvalue weighted by molar-refractivity contribution is 0.0827. The molecule has 5 rings (SSSR count). The van der Waals surface area contributed by atoms with Crippen LogP contribution in [0, 0.1) is 6.92 Å². The predicted octanol–water partition coefficient (Wildman–Crippen LogP) is 7.24. The van der Waals surface area contributed by atoms with Crippen LogP contribution < -0.4 is 15.4 Å². The van der Waals surface area contributed by atoms with Crippen LogP contribution in [-0.4, -0.2) is 40.5 Å². The first-order valence-corrected chi connectivity index (χ1v) is 14.0. The molecular formula is C32H29Cl2N5O3. The Kier molecular flexibility index (Phi) is 8.66. The van der Waals surface area contributed by atoms with Crippen molar-refractivity contribution in [3.05, 3.63) is 118 Å². The number of ether oxygens (including phenoxy) is 1. The monoisotopic (exact) mass is 601 g/mol. The number of urea groups is 1.